The average molecular weight is 312 g/mol. The number of rotatable bonds is 8. The molecule has 1 aromatic rings. The molecule has 21 heavy (non-hydrogen) atoms. The van der Waals surface area contributed by atoms with Crippen LogP contribution in [-0.2, 0) is 20.2 Å². The molecule has 1 aromatic carbocycles. The topological polar surface area (TPSA) is 95.5 Å². The molecule has 1 aliphatic carbocycles. The highest BCUT2D eigenvalue weighted by atomic mass is 32.2. The van der Waals surface area contributed by atoms with Crippen LogP contribution in [0.3, 0.4) is 0 Å². The van der Waals surface area contributed by atoms with Crippen molar-refractivity contribution in [3.8, 4) is 0 Å². The predicted octanol–water partition coefficient (Wildman–Crippen LogP) is 0.691. The molecule has 0 spiro atoms. The number of carbonyl (C=O) groups is 1. The summed E-state index contributed by atoms with van der Waals surface area (Å²) in [6.07, 6.45) is 1.92. The van der Waals surface area contributed by atoms with E-state index in [9.17, 15) is 18.3 Å². The van der Waals surface area contributed by atoms with Gasteiger partial charge in [0.05, 0.1) is 10.3 Å². The highest BCUT2D eigenvalue weighted by molar-refractivity contribution is 7.89. The Morgan fingerprint density at radius 2 is 1.86 bits per heavy atom. The van der Waals surface area contributed by atoms with Crippen LogP contribution in [0, 0.1) is 0 Å². The van der Waals surface area contributed by atoms with Crippen LogP contribution in [0.1, 0.15) is 24.8 Å². The van der Waals surface area contributed by atoms with Gasteiger partial charge in [-0.2, -0.15) is 0 Å². The molecule has 0 unspecified atom stereocenters. The lowest BCUT2D eigenvalue weighted by Gasteiger charge is -2.11. The van der Waals surface area contributed by atoms with E-state index in [2.05, 4.69) is 10.0 Å². The Labute approximate surface area is 124 Å². The minimum absolute atomic E-state index is 0.164. The summed E-state index contributed by atoms with van der Waals surface area (Å²) < 4.78 is 26.6. The third-order valence-corrected chi connectivity index (χ3v) is 5.25. The van der Waals surface area contributed by atoms with Crippen molar-refractivity contribution in [1.29, 1.82) is 0 Å². The number of hydrogen-bond donors (Lipinski definition) is 3. The Morgan fingerprint density at radius 1 is 1.24 bits per heavy atom. The molecule has 0 amide bonds. The summed E-state index contributed by atoms with van der Waals surface area (Å²) in [6.45, 7) is 1.10. The van der Waals surface area contributed by atoms with Gasteiger partial charge in [-0.25, -0.2) is 13.1 Å². The maximum absolute atomic E-state index is 12.1. The van der Waals surface area contributed by atoms with E-state index >= 15 is 0 Å². The lowest BCUT2D eigenvalue weighted by Crippen LogP contribution is -2.27. The number of aliphatic carboxylic acids is 1. The highest BCUT2D eigenvalue weighted by Crippen LogP contribution is 2.48. The van der Waals surface area contributed by atoms with Gasteiger partial charge in [0.1, 0.15) is 0 Å². The Morgan fingerprint density at radius 3 is 2.33 bits per heavy atom. The van der Waals surface area contributed by atoms with Gasteiger partial charge in [0.25, 0.3) is 0 Å². The SMILES string of the molecule is CNCCCNS(=O)(=O)c1ccc(C2(C(=O)O)CC2)cc1. The quantitative estimate of drug-likeness (QED) is 0.614. The van der Waals surface area contributed by atoms with Gasteiger partial charge in [-0.15, -0.1) is 0 Å². The second-order valence-electron chi connectivity index (χ2n) is 5.27. The van der Waals surface area contributed by atoms with Gasteiger partial charge in [0.15, 0.2) is 0 Å². The first-order valence-corrected chi connectivity index (χ1v) is 8.39. The van der Waals surface area contributed by atoms with Crippen molar-refractivity contribution in [2.75, 3.05) is 20.1 Å². The van der Waals surface area contributed by atoms with E-state index in [1.165, 1.54) is 12.1 Å². The van der Waals surface area contributed by atoms with Crippen LogP contribution < -0.4 is 10.0 Å². The summed E-state index contributed by atoms with van der Waals surface area (Å²) in [5.74, 6) is -0.844. The predicted molar refractivity (Wildman–Crippen MR) is 78.7 cm³/mol. The molecule has 1 aliphatic rings. The Bertz CT molecular complexity index is 606. The molecule has 3 N–H and O–H groups in total. The van der Waals surface area contributed by atoms with Crippen LogP contribution >= 0.6 is 0 Å². The van der Waals surface area contributed by atoms with Crippen LogP contribution in [0.4, 0.5) is 0 Å². The van der Waals surface area contributed by atoms with Crippen molar-refractivity contribution in [2.45, 2.75) is 29.6 Å². The van der Waals surface area contributed by atoms with Crippen LogP contribution in [0.25, 0.3) is 0 Å². The van der Waals surface area contributed by atoms with Gasteiger partial charge in [-0.3, -0.25) is 4.79 Å². The van der Waals surface area contributed by atoms with Crippen molar-refractivity contribution < 1.29 is 18.3 Å². The number of benzene rings is 1. The van der Waals surface area contributed by atoms with Gasteiger partial charge in [-0.1, -0.05) is 12.1 Å². The zero-order valence-electron chi connectivity index (χ0n) is 11.9. The summed E-state index contributed by atoms with van der Waals surface area (Å²) in [5, 5.41) is 12.2. The van der Waals surface area contributed by atoms with Gasteiger partial charge in [0, 0.05) is 6.54 Å². The molecule has 116 valence electrons. The first-order chi connectivity index (χ1) is 9.92. The zero-order chi connectivity index (χ0) is 15.5. The molecule has 0 aromatic heterocycles. The van der Waals surface area contributed by atoms with Crippen molar-refractivity contribution in [3.05, 3.63) is 29.8 Å². The molecule has 1 fully saturated rings. The summed E-state index contributed by atoms with van der Waals surface area (Å²) in [6, 6.07) is 6.14. The Hall–Kier alpha value is -1.44. The van der Waals surface area contributed by atoms with Crippen molar-refractivity contribution in [3.63, 3.8) is 0 Å². The lowest BCUT2D eigenvalue weighted by molar-refractivity contribution is -0.140. The smallest absolute Gasteiger partial charge is 0.314 e. The molecular formula is C14H20N2O4S. The largest absolute Gasteiger partial charge is 0.481 e. The zero-order valence-corrected chi connectivity index (χ0v) is 12.7. The van der Waals surface area contributed by atoms with Crippen molar-refractivity contribution in [1.82, 2.24) is 10.0 Å². The minimum atomic E-state index is -3.53. The van der Waals surface area contributed by atoms with E-state index in [0.717, 1.165) is 6.54 Å². The molecule has 0 bridgehead atoms. The summed E-state index contributed by atoms with van der Waals surface area (Å²) in [4.78, 5) is 11.4. The van der Waals surface area contributed by atoms with E-state index in [1.54, 1.807) is 12.1 Å². The van der Waals surface area contributed by atoms with Crippen LogP contribution in [-0.4, -0.2) is 39.6 Å². The molecule has 0 saturated heterocycles. The molecule has 0 radical (unpaired) electrons. The van der Waals surface area contributed by atoms with E-state index in [0.29, 0.717) is 31.4 Å². The van der Waals surface area contributed by atoms with E-state index in [-0.39, 0.29) is 4.90 Å². The summed E-state index contributed by atoms with van der Waals surface area (Å²) >= 11 is 0. The number of carboxylic acid groups (broad SMARTS) is 1. The van der Waals surface area contributed by atoms with Crippen LogP contribution in [0.15, 0.2) is 29.2 Å². The minimum Gasteiger partial charge on any atom is -0.481 e. The number of carboxylic acids is 1. The molecule has 2 rings (SSSR count). The average Bonchev–Trinajstić information content (AvgIpc) is 3.25. The van der Waals surface area contributed by atoms with E-state index in [4.69, 9.17) is 0 Å². The van der Waals surface area contributed by atoms with Gasteiger partial charge < -0.3 is 10.4 Å². The van der Waals surface area contributed by atoms with E-state index < -0.39 is 21.4 Å². The van der Waals surface area contributed by atoms with Crippen LogP contribution in [0.2, 0.25) is 0 Å². The molecule has 7 heteroatoms. The molecule has 0 atom stereocenters. The fourth-order valence-electron chi connectivity index (χ4n) is 2.26. The maximum Gasteiger partial charge on any atom is 0.314 e. The fourth-order valence-corrected chi connectivity index (χ4v) is 3.33. The standard InChI is InChI=1S/C14H20N2O4S/c1-15-9-2-10-16-21(19,20)12-5-3-11(4-6-12)14(7-8-14)13(17)18/h3-6,15-16H,2,7-10H2,1H3,(H,17,18). The molecule has 1 saturated carbocycles. The van der Waals surface area contributed by atoms with Gasteiger partial charge >= 0.3 is 5.97 Å². The van der Waals surface area contributed by atoms with Crippen molar-refractivity contribution >= 4 is 16.0 Å². The Kier molecular flexibility index (Phi) is 4.65. The van der Waals surface area contributed by atoms with Crippen LogP contribution in [0.5, 0.6) is 0 Å². The maximum atomic E-state index is 12.1. The Balaban J connectivity index is 2.06. The van der Waals surface area contributed by atoms with Gasteiger partial charge in [0.2, 0.25) is 10.0 Å². The number of sulfonamides is 1. The monoisotopic (exact) mass is 312 g/mol. The lowest BCUT2D eigenvalue weighted by atomic mass is 9.96. The van der Waals surface area contributed by atoms with E-state index in [1.807, 2.05) is 7.05 Å². The fraction of sp³-hybridized carbons (Fsp3) is 0.500. The van der Waals surface area contributed by atoms with Crippen molar-refractivity contribution in [2.24, 2.45) is 0 Å². The molecule has 0 heterocycles. The molecule has 0 aliphatic heterocycles. The first kappa shape index (κ1) is 15.9. The second kappa shape index (κ2) is 6.13. The first-order valence-electron chi connectivity index (χ1n) is 6.90. The number of hydrogen-bond acceptors (Lipinski definition) is 4. The molecular weight excluding hydrogens is 292 g/mol. The second-order valence-corrected chi connectivity index (χ2v) is 7.03. The third-order valence-electron chi connectivity index (χ3n) is 3.77. The normalized spacial score (nSPS) is 16.6. The highest BCUT2D eigenvalue weighted by Gasteiger charge is 2.51. The summed E-state index contributed by atoms with van der Waals surface area (Å²) in [5.41, 5.74) is -0.133. The third kappa shape index (κ3) is 3.42. The summed E-state index contributed by atoms with van der Waals surface area (Å²) in [7, 11) is -1.72. The van der Waals surface area contributed by atoms with Gasteiger partial charge in [-0.05, 0) is 50.6 Å². The number of nitrogens with one attached hydrogen (secondary N) is 2. The molecule has 6 nitrogen and oxygen atoms in total.